The van der Waals surface area contributed by atoms with Gasteiger partial charge in [-0.15, -0.1) is 0 Å². The molecule has 1 aliphatic carbocycles. The quantitative estimate of drug-likeness (QED) is 0.546. The summed E-state index contributed by atoms with van der Waals surface area (Å²) in [6.07, 6.45) is 4.52. The van der Waals surface area contributed by atoms with Crippen molar-refractivity contribution >= 4 is 22.6 Å². The van der Waals surface area contributed by atoms with Crippen molar-refractivity contribution in [3.8, 4) is 0 Å². The van der Waals surface area contributed by atoms with Gasteiger partial charge in [0, 0.05) is 24.0 Å². The van der Waals surface area contributed by atoms with Crippen molar-refractivity contribution in [2.75, 3.05) is 6.54 Å². The number of nitrogens with one attached hydrogen (secondary N) is 3. The number of nitrogens with zero attached hydrogens (tertiary/aromatic N) is 3. The Morgan fingerprint density at radius 2 is 2.03 bits per heavy atom. The Morgan fingerprint density at radius 3 is 2.78 bits per heavy atom. The highest BCUT2D eigenvalue weighted by molar-refractivity contribution is 5.98. The first-order chi connectivity index (χ1) is 15.5. The maximum Gasteiger partial charge on any atom is 0.272 e. The highest BCUT2D eigenvalue weighted by Crippen LogP contribution is 2.47. The van der Waals surface area contributed by atoms with Crippen molar-refractivity contribution < 1.29 is 9.59 Å². The van der Waals surface area contributed by atoms with Gasteiger partial charge >= 0.3 is 0 Å². The van der Waals surface area contributed by atoms with Gasteiger partial charge in [-0.25, -0.2) is 5.10 Å². The maximum absolute atomic E-state index is 12.7. The van der Waals surface area contributed by atoms with E-state index in [1.54, 1.807) is 10.7 Å². The molecule has 1 aromatic carbocycles. The first kappa shape index (κ1) is 20.4. The van der Waals surface area contributed by atoms with Crippen LogP contribution in [-0.4, -0.2) is 44.4 Å². The summed E-state index contributed by atoms with van der Waals surface area (Å²) < 4.78 is 1.59. The van der Waals surface area contributed by atoms with Crippen LogP contribution >= 0.6 is 0 Å². The minimum atomic E-state index is -0.234. The lowest BCUT2D eigenvalue weighted by Gasteiger charge is -2.48. The topological polar surface area (TPSA) is 122 Å². The SMILES string of the molecule is CC[C@]1(CCc2n[nH]c(=O)c3ccccc23)C[C@H](NC(=O)c2cc3n(n2)CCNC3=O)C1. The second kappa shape index (κ2) is 7.89. The summed E-state index contributed by atoms with van der Waals surface area (Å²) in [5.41, 5.74) is 1.60. The largest absolute Gasteiger partial charge is 0.349 e. The Bertz CT molecular complexity index is 1250. The minimum absolute atomic E-state index is 0.0929. The Morgan fingerprint density at radius 1 is 1.25 bits per heavy atom. The third-order valence-corrected chi connectivity index (χ3v) is 6.97. The van der Waals surface area contributed by atoms with E-state index < -0.39 is 0 Å². The number of hydrogen-bond donors (Lipinski definition) is 3. The van der Waals surface area contributed by atoms with E-state index in [0.29, 0.717) is 24.2 Å². The zero-order valence-electron chi connectivity index (χ0n) is 18.0. The van der Waals surface area contributed by atoms with Crippen LogP contribution in [0.2, 0.25) is 0 Å². The molecule has 2 amide bonds. The molecule has 1 saturated carbocycles. The molecule has 2 aromatic heterocycles. The van der Waals surface area contributed by atoms with Crippen LogP contribution in [0.25, 0.3) is 10.8 Å². The number of carbonyl (C=O) groups excluding carboxylic acids is 2. The van der Waals surface area contributed by atoms with Gasteiger partial charge in [0.25, 0.3) is 17.4 Å². The van der Waals surface area contributed by atoms with Crippen LogP contribution in [0, 0.1) is 5.41 Å². The predicted molar refractivity (Wildman–Crippen MR) is 118 cm³/mol. The van der Waals surface area contributed by atoms with E-state index in [1.165, 1.54) is 0 Å². The standard InChI is InChI=1S/C23H26N6O3/c1-2-23(8-7-17-15-5-3-4-6-16(15)20(30)27-26-17)12-14(13-23)25-21(31)18-11-19-22(32)24-9-10-29(19)28-18/h3-6,11,14H,2,7-10,12-13H2,1H3,(H,24,32)(H,25,31)(H,27,30)/t14-,23-. The van der Waals surface area contributed by atoms with Crippen LogP contribution in [0.15, 0.2) is 35.1 Å². The van der Waals surface area contributed by atoms with Gasteiger partial charge in [-0.1, -0.05) is 31.5 Å². The molecule has 32 heavy (non-hydrogen) atoms. The zero-order valence-corrected chi connectivity index (χ0v) is 18.0. The lowest BCUT2D eigenvalue weighted by molar-refractivity contribution is 0.0568. The van der Waals surface area contributed by atoms with E-state index >= 15 is 0 Å². The molecule has 3 aromatic rings. The molecule has 0 atom stereocenters. The van der Waals surface area contributed by atoms with Crippen LogP contribution in [0.4, 0.5) is 0 Å². The molecular weight excluding hydrogens is 408 g/mol. The second-order valence-corrected chi connectivity index (χ2v) is 8.87. The van der Waals surface area contributed by atoms with Gasteiger partial charge in [0.05, 0.1) is 17.6 Å². The Hall–Kier alpha value is -3.49. The molecule has 1 fully saturated rings. The zero-order chi connectivity index (χ0) is 22.3. The Balaban J connectivity index is 1.22. The number of carbonyl (C=O) groups is 2. The smallest absolute Gasteiger partial charge is 0.272 e. The summed E-state index contributed by atoms with van der Waals surface area (Å²) in [5, 5.41) is 18.6. The molecule has 0 unspecified atom stereocenters. The number of aryl methyl sites for hydroxylation is 1. The monoisotopic (exact) mass is 434 g/mol. The molecule has 9 nitrogen and oxygen atoms in total. The number of fused-ring (bicyclic) bond motifs is 2. The molecule has 0 radical (unpaired) electrons. The summed E-state index contributed by atoms with van der Waals surface area (Å²) in [6.45, 7) is 3.28. The van der Waals surface area contributed by atoms with E-state index in [2.05, 4.69) is 32.9 Å². The molecular formula is C23H26N6O3. The third kappa shape index (κ3) is 3.57. The molecule has 0 bridgehead atoms. The second-order valence-electron chi connectivity index (χ2n) is 8.87. The van der Waals surface area contributed by atoms with Crippen LogP contribution in [0.3, 0.4) is 0 Å². The Labute approximate surface area is 184 Å². The van der Waals surface area contributed by atoms with Gasteiger partial charge in [0.1, 0.15) is 5.69 Å². The van der Waals surface area contributed by atoms with Gasteiger partial charge < -0.3 is 10.6 Å². The lowest BCUT2D eigenvalue weighted by Crippen LogP contribution is -2.50. The number of aromatic nitrogens is 4. The predicted octanol–water partition coefficient (Wildman–Crippen LogP) is 1.78. The van der Waals surface area contributed by atoms with Gasteiger partial charge in [0.15, 0.2) is 5.69 Å². The Kier molecular flexibility index (Phi) is 5.03. The number of rotatable bonds is 6. The summed E-state index contributed by atoms with van der Waals surface area (Å²) in [5.74, 6) is -0.428. The normalized spacial score (nSPS) is 22.2. The molecule has 166 valence electrons. The summed E-state index contributed by atoms with van der Waals surface area (Å²) in [7, 11) is 0. The molecule has 1 aliphatic heterocycles. The van der Waals surface area contributed by atoms with E-state index in [1.807, 2.05) is 24.3 Å². The van der Waals surface area contributed by atoms with Crippen molar-refractivity contribution in [2.45, 2.75) is 51.6 Å². The van der Waals surface area contributed by atoms with Crippen molar-refractivity contribution in [1.29, 1.82) is 0 Å². The fourth-order valence-electron chi connectivity index (χ4n) is 5.01. The third-order valence-electron chi connectivity index (χ3n) is 6.97. The van der Waals surface area contributed by atoms with Crippen molar-refractivity contribution in [3.05, 3.63) is 57.8 Å². The average molecular weight is 435 g/mol. The fourth-order valence-corrected chi connectivity index (χ4v) is 5.01. The summed E-state index contributed by atoms with van der Waals surface area (Å²) in [4.78, 5) is 36.6. The van der Waals surface area contributed by atoms with Gasteiger partial charge in [-0.05, 0) is 37.2 Å². The van der Waals surface area contributed by atoms with Gasteiger partial charge in [0.2, 0.25) is 0 Å². The van der Waals surface area contributed by atoms with Gasteiger partial charge in [-0.2, -0.15) is 10.2 Å². The number of benzene rings is 1. The first-order valence-corrected chi connectivity index (χ1v) is 11.1. The number of H-pyrrole nitrogens is 1. The van der Waals surface area contributed by atoms with Crippen LogP contribution in [0.1, 0.15) is 59.3 Å². The van der Waals surface area contributed by atoms with Crippen LogP contribution in [-0.2, 0) is 13.0 Å². The van der Waals surface area contributed by atoms with Crippen molar-refractivity contribution in [2.24, 2.45) is 5.41 Å². The molecule has 9 heteroatoms. The molecule has 0 saturated heterocycles. The molecule has 3 heterocycles. The van der Waals surface area contributed by atoms with Crippen molar-refractivity contribution in [3.63, 3.8) is 0 Å². The van der Waals surface area contributed by atoms with Crippen LogP contribution in [0.5, 0.6) is 0 Å². The fraction of sp³-hybridized carbons (Fsp3) is 0.435. The maximum atomic E-state index is 12.7. The average Bonchev–Trinajstić information content (AvgIpc) is 3.22. The van der Waals surface area contributed by atoms with Crippen molar-refractivity contribution in [1.82, 2.24) is 30.6 Å². The van der Waals surface area contributed by atoms with Gasteiger partial charge in [-0.3, -0.25) is 19.1 Å². The molecule has 5 rings (SSSR count). The highest BCUT2D eigenvalue weighted by atomic mass is 16.2. The summed E-state index contributed by atoms with van der Waals surface area (Å²) >= 11 is 0. The van der Waals surface area contributed by atoms with E-state index in [4.69, 9.17) is 0 Å². The first-order valence-electron chi connectivity index (χ1n) is 11.1. The van der Waals surface area contributed by atoms with Crippen LogP contribution < -0.4 is 16.2 Å². The summed E-state index contributed by atoms with van der Waals surface area (Å²) in [6, 6.07) is 9.20. The van der Waals surface area contributed by atoms with E-state index in [-0.39, 0.29) is 34.5 Å². The van der Waals surface area contributed by atoms with E-state index in [9.17, 15) is 14.4 Å². The minimum Gasteiger partial charge on any atom is -0.349 e. The molecule has 0 spiro atoms. The number of hydrogen-bond acceptors (Lipinski definition) is 5. The lowest BCUT2D eigenvalue weighted by atomic mass is 9.61. The number of amides is 2. The molecule has 3 N–H and O–H groups in total. The molecule has 2 aliphatic rings. The number of aromatic amines is 1. The van der Waals surface area contributed by atoms with E-state index in [0.717, 1.165) is 43.2 Å². The highest BCUT2D eigenvalue weighted by Gasteiger charge is 2.43.